The van der Waals surface area contributed by atoms with E-state index < -0.39 is 0 Å². The van der Waals surface area contributed by atoms with Gasteiger partial charge >= 0.3 is 0 Å². The molecule has 1 aromatic rings. The van der Waals surface area contributed by atoms with Crippen molar-refractivity contribution in [2.45, 2.75) is 58.9 Å². The third kappa shape index (κ3) is 4.75. The van der Waals surface area contributed by atoms with Crippen LogP contribution in [0.2, 0.25) is 0 Å². The maximum atomic E-state index is 5.06. The summed E-state index contributed by atoms with van der Waals surface area (Å²) >= 11 is 0. The van der Waals surface area contributed by atoms with Crippen LogP contribution in [0, 0.1) is 6.92 Å². The SMILES string of the molecule is CCCC(CC)NCCCc1nc(C)no1. The van der Waals surface area contributed by atoms with Crippen LogP contribution in [0.25, 0.3) is 0 Å². The molecule has 1 rings (SSSR count). The second-order valence-corrected chi connectivity index (χ2v) is 4.19. The van der Waals surface area contributed by atoms with Crippen molar-refractivity contribution in [1.29, 1.82) is 0 Å². The average Bonchev–Trinajstić information content (AvgIpc) is 2.69. The largest absolute Gasteiger partial charge is 0.339 e. The van der Waals surface area contributed by atoms with Crippen LogP contribution in [0.3, 0.4) is 0 Å². The Kier molecular flexibility index (Phi) is 6.08. The smallest absolute Gasteiger partial charge is 0.226 e. The lowest BCUT2D eigenvalue weighted by molar-refractivity contribution is 0.368. The molecule has 1 N–H and O–H groups in total. The van der Waals surface area contributed by atoms with E-state index in [0.29, 0.717) is 6.04 Å². The van der Waals surface area contributed by atoms with Gasteiger partial charge in [0.2, 0.25) is 5.89 Å². The van der Waals surface area contributed by atoms with Crippen LogP contribution in [0.1, 0.15) is 51.2 Å². The van der Waals surface area contributed by atoms with Gasteiger partial charge < -0.3 is 9.84 Å². The number of rotatable bonds is 8. The standard InChI is InChI=1S/C12H23N3O/c1-4-7-11(5-2)13-9-6-8-12-14-10(3)15-16-12/h11,13H,4-9H2,1-3H3. The summed E-state index contributed by atoms with van der Waals surface area (Å²) in [7, 11) is 0. The topological polar surface area (TPSA) is 51.0 Å². The number of hydrogen-bond donors (Lipinski definition) is 1. The van der Waals surface area contributed by atoms with Crippen LogP contribution in [-0.2, 0) is 6.42 Å². The molecular formula is C12H23N3O. The van der Waals surface area contributed by atoms with Gasteiger partial charge in [-0.05, 0) is 32.7 Å². The average molecular weight is 225 g/mol. The molecule has 1 heterocycles. The molecule has 1 aromatic heterocycles. The van der Waals surface area contributed by atoms with E-state index >= 15 is 0 Å². The maximum absolute atomic E-state index is 5.06. The first kappa shape index (κ1) is 13.2. The quantitative estimate of drug-likeness (QED) is 0.691. The molecule has 0 aliphatic carbocycles. The molecule has 0 spiro atoms. The van der Waals surface area contributed by atoms with E-state index in [1.165, 1.54) is 19.3 Å². The van der Waals surface area contributed by atoms with E-state index in [4.69, 9.17) is 4.52 Å². The zero-order valence-electron chi connectivity index (χ0n) is 10.6. The molecule has 1 unspecified atom stereocenters. The highest BCUT2D eigenvalue weighted by molar-refractivity contribution is 4.82. The zero-order chi connectivity index (χ0) is 11.8. The van der Waals surface area contributed by atoms with Crippen molar-refractivity contribution in [2.75, 3.05) is 6.54 Å². The number of nitrogens with one attached hydrogen (secondary N) is 1. The Morgan fingerprint density at radius 1 is 1.38 bits per heavy atom. The van der Waals surface area contributed by atoms with E-state index in [1.54, 1.807) is 0 Å². The Balaban J connectivity index is 2.11. The predicted molar refractivity (Wildman–Crippen MR) is 64.3 cm³/mol. The summed E-state index contributed by atoms with van der Waals surface area (Å²) in [4.78, 5) is 4.18. The minimum Gasteiger partial charge on any atom is -0.339 e. The number of aromatic nitrogens is 2. The van der Waals surface area contributed by atoms with Crippen molar-refractivity contribution < 1.29 is 4.52 Å². The molecule has 4 heteroatoms. The van der Waals surface area contributed by atoms with Gasteiger partial charge in [0.15, 0.2) is 5.82 Å². The monoisotopic (exact) mass is 225 g/mol. The Bertz CT molecular complexity index is 286. The van der Waals surface area contributed by atoms with E-state index in [-0.39, 0.29) is 0 Å². The Morgan fingerprint density at radius 2 is 2.19 bits per heavy atom. The highest BCUT2D eigenvalue weighted by Gasteiger charge is 2.05. The van der Waals surface area contributed by atoms with E-state index in [9.17, 15) is 0 Å². The lowest BCUT2D eigenvalue weighted by Crippen LogP contribution is -2.29. The van der Waals surface area contributed by atoms with E-state index in [0.717, 1.165) is 31.1 Å². The van der Waals surface area contributed by atoms with Gasteiger partial charge in [0.1, 0.15) is 0 Å². The van der Waals surface area contributed by atoms with Gasteiger partial charge in [0.25, 0.3) is 0 Å². The number of nitrogens with zero attached hydrogens (tertiary/aromatic N) is 2. The molecule has 16 heavy (non-hydrogen) atoms. The second-order valence-electron chi connectivity index (χ2n) is 4.19. The van der Waals surface area contributed by atoms with Crippen LogP contribution in [0.5, 0.6) is 0 Å². The molecule has 92 valence electrons. The van der Waals surface area contributed by atoms with Crippen molar-refractivity contribution in [2.24, 2.45) is 0 Å². The van der Waals surface area contributed by atoms with Crippen molar-refractivity contribution >= 4 is 0 Å². The molecule has 0 aliphatic rings. The Labute approximate surface area is 97.8 Å². The van der Waals surface area contributed by atoms with Gasteiger partial charge in [-0.1, -0.05) is 25.4 Å². The molecule has 0 fully saturated rings. The predicted octanol–water partition coefficient (Wildman–Crippen LogP) is 2.48. The van der Waals surface area contributed by atoms with Crippen LogP contribution in [-0.4, -0.2) is 22.7 Å². The van der Waals surface area contributed by atoms with Gasteiger partial charge in [0, 0.05) is 12.5 Å². The van der Waals surface area contributed by atoms with Crippen LogP contribution in [0.4, 0.5) is 0 Å². The summed E-state index contributed by atoms with van der Waals surface area (Å²) in [6.07, 6.45) is 5.64. The summed E-state index contributed by atoms with van der Waals surface area (Å²) in [5.41, 5.74) is 0. The molecule has 0 radical (unpaired) electrons. The molecular weight excluding hydrogens is 202 g/mol. The molecule has 0 aliphatic heterocycles. The third-order valence-electron chi connectivity index (χ3n) is 2.70. The van der Waals surface area contributed by atoms with Crippen molar-refractivity contribution in [3.63, 3.8) is 0 Å². The van der Waals surface area contributed by atoms with Gasteiger partial charge in [0.05, 0.1) is 0 Å². The first-order valence-electron chi connectivity index (χ1n) is 6.28. The van der Waals surface area contributed by atoms with E-state index in [1.807, 2.05) is 6.92 Å². The van der Waals surface area contributed by atoms with Gasteiger partial charge in [-0.3, -0.25) is 0 Å². The second kappa shape index (κ2) is 7.39. The normalized spacial score (nSPS) is 12.9. The maximum Gasteiger partial charge on any atom is 0.226 e. The molecule has 0 amide bonds. The van der Waals surface area contributed by atoms with Crippen LogP contribution in [0.15, 0.2) is 4.52 Å². The fourth-order valence-electron chi connectivity index (χ4n) is 1.79. The summed E-state index contributed by atoms with van der Waals surface area (Å²) < 4.78 is 5.06. The lowest BCUT2D eigenvalue weighted by atomic mass is 10.1. The molecule has 0 saturated heterocycles. The summed E-state index contributed by atoms with van der Waals surface area (Å²) in [6.45, 7) is 7.33. The van der Waals surface area contributed by atoms with E-state index in [2.05, 4.69) is 29.3 Å². The molecule has 4 nitrogen and oxygen atoms in total. The zero-order valence-corrected chi connectivity index (χ0v) is 10.6. The fourth-order valence-corrected chi connectivity index (χ4v) is 1.79. The van der Waals surface area contributed by atoms with Crippen LogP contribution < -0.4 is 5.32 Å². The first-order chi connectivity index (χ1) is 7.76. The van der Waals surface area contributed by atoms with Crippen molar-refractivity contribution in [1.82, 2.24) is 15.5 Å². The fraction of sp³-hybridized carbons (Fsp3) is 0.833. The third-order valence-corrected chi connectivity index (χ3v) is 2.70. The van der Waals surface area contributed by atoms with Crippen LogP contribution >= 0.6 is 0 Å². The minimum absolute atomic E-state index is 0.662. The minimum atomic E-state index is 0.662. The number of hydrogen-bond acceptors (Lipinski definition) is 4. The molecule has 0 aromatic carbocycles. The van der Waals surface area contributed by atoms with Gasteiger partial charge in [-0.15, -0.1) is 0 Å². The summed E-state index contributed by atoms with van der Waals surface area (Å²) in [5, 5.41) is 7.33. The Hall–Kier alpha value is -0.900. The van der Waals surface area contributed by atoms with Gasteiger partial charge in [-0.2, -0.15) is 4.98 Å². The molecule has 1 atom stereocenters. The lowest BCUT2D eigenvalue weighted by Gasteiger charge is -2.15. The molecule has 0 bridgehead atoms. The van der Waals surface area contributed by atoms with Crippen molar-refractivity contribution in [3.8, 4) is 0 Å². The summed E-state index contributed by atoms with van der Waals surface area (Å²) in [5.74, 6) is 1.48. The first-order valence-corrected chi connectivity index (χ1v) is 6.28. The Morgan fingerprint density at radius 3 is 2.75 bits per heavy atom. The highest BCUT2D eigenvalue weighted by Crippen LogP contribution is 2.02. The highest BCUT2D eigenvalue weighted by atomic mass is 16.5. The van der Waals surface area contributed by atoms with Crippen molar-refractivity contribution in [3.05, 3.63) is 11.7 Å². The molecule has 0 saturated carbocycles. The number of aryl methyl sites for hydroxylation is 2. The van der Waals surface area contributed by atoms with Gasteiger partial charge in [-0.25, -0.2) is 0 Å². The summed E-state index contributed by atoms with van der Waals surface area (Å²) in [6, 6.07) is 0.662.